The summed E-state index contributed by atoms with van der Waals surface area (Å²) in [5, 5.41) is 12.3. The Morgan fingerprint density at radius 3 is 2.57 bits per heavy atom. The number of nitrogens with one attached hydrogen (secondary N) is 1. The van der Waals surface area contributed by atoms with E-state index in [9.17, 15) is 14.7 Å². The van der Waals surface area contributed by atoms with Gasteiger partial charge in [-0.3, -0.25) is 9.59 Å². The smallest absolute Gasteiger partial charge is 0.307 e. The summed E-state index contributed by atoms with van der Waals surface area (Å²) in [6.07, 6.45) is 2.07. The molecule has 1 unspecified atom stereocenters. The second kappa shape index (κ2) is 6.29. The number of rotatable bonds is 4. The Hall–Kier alpha value is -1.84. The Bertz CT molecular complexity index is 553. The Balaban J connectivity index is 2.20. The maximum absolute atomic E-state index is 12.5. The zero-order valence-corrected chi connectivity index (χ0v) is 12.8. The van der Waals surface area contributed by atoms with Crippen molar-refractivity contribution in [3.05, 3.63) is 29.3 Å². The molecule has 0 aliphatic heterocycles. The van der Waals surface area contributed by atoms with Gasteiger partial charge in [0.2, 0.25) is 5.91 Å². The van der Waals surface area contributed by atoms with Crippen molar-refractivity contribution in [3.63, 3.8) is 0 Å². The first kappa shape index (κ1) is 15.5. The molecular formula is C17H23NO3. The van der Waals surface area contributed by atoms with Crippen molar-refractivity contribution in [1.29, 1.82) is 0 Å². The van der Waals surface area contributed by atoms with Gasteiger partial charge in [-0.25, -0.2) is 0 Å². The number of carbonyl (C=O) groups excluding carboxylic acids is 1. The number of carboxylic acid groups (broad SMARTS) is 1. The molecule has 1 aromatic carbocycles. The molecule has 2 rings (SSSR count). The average Bonchev–Trinajstić information content (AvgIpc) is 2.83. The molecule has 1 aliphatic carbocycles. The third-order valence-electron chi connectivity index (χ3n) is 4.44. The van der Waals surface area contributed by atoms with Crippen LogP contribution in [0.15, 0.2) is 18.2 Å². The third kappa shape index (κ3) is 3.26. The minimum Gasteiger partial charge on any atom is -0.481 e. The number of hydrogen-bond donors (Lipinski definition) is 2. The van der Waals surface area contributed by atoms with Gasteiger partial charge in [-0.15, -0.1) is 0 Å². The van der Waals surface area contributed by atoms with Crippen molar-refractivity contribution in [1.82, 2.24) is 0 Å². The Morgan fingerprint density at radius 1 is 1.29 bits per heavy atom. The summed E-state index contributed by atoms with van der Waals surface area (Å²) in [6.45, 7) is 6.01. The van der Waals surface area contributed by atoms with E-state index in [2.05, 4.69) is 5.32 Å². The van der Waals surface area contributed by atoms with Gasteiger partial charge in [-0.05, 0) is 43.2 Å². The summed E-state index contributed by atoms with van der Waals surface area (Å²) < 4.78 is 0. The third-order valence-corrected chi connectivity index (χ3v) is 4.44. The van der Waals surface area contributed by atoms with Crippen LogP contribution in [-0.2, 0) is 16.0 Å². The second-order valence-corrected chi connectivity index (χ2v) is 6.08. The Morgan fingerprint density at radius 2 is 1.95 bits per heavy atom. The molecule has 0 heterocycles. The van der Waals surface area contributed by atoms with Crippen LogP contribution in [0.1, 0.15) is 37.8 Å². The van der Waals surface area contributed by atoms with E-state index in [0.717, 1.165) is 23.2 Å². The lowest BCUT2D eigenvalue weighted by Gasteiger charge is -2.18. The lowest BCUT2D eigenvalue weighted by Crippen LogP contribution is -2.30. The Kier molecular flexibility index (Phi) is 4.66. The minimum absolute atomic E-state index is 0.157. The van der Waals surface area contributed by atoms with E-state index in [4.69, 9.17) is 0 Å². The summed E-state index contributed by atoms with van der Waals surface area (Å²) in [6, 6.07) is 5.93. The first-order valence-electron chi connectivity index (χ1n) is 7.56. The summed E-state index contributed by atoms with van der Waals surface area (Å²) in [5.74, 6) is -1.73. The number of para-hydroxylation sites is 1. The van der Waals surface area contributed by atoms with Crippen molar-refractivity contribution in [2.24, 2.45) is 17.8 Å². The molecule has 1 fully saturated rings. The topological polar surface area (TPSA) is 66.4 Å². The monoisotopic (exact) mass is 289 g/mol. The number of aliphatic carboxylic acids is 1. The predicted octanol–water partition coefficient (Wildman–Crippen LogP) is 3.24. The number of anilines is 1. The van der Waals surface area contributed by atoms with Crippen molar-refractivity contribution in [2.45, 2.75) is 40.0 Å². The van der Waals surface area contributed by atoms with Crippen molar-refractivity contribution in [2.75, 3.05) is 5.32 Å². The number of carbonyl (C=O) groups is 2. The van der Waals surface area contributed by atoms with Gasteiger partial charge in [0, 0.05) is 5.69 Å². The van der Waals surface area contributed by atoms with E-state index in [1.54, 1.807) is 0 Å². The molecule has 1 saturated carbocycles. The largest absolute Gasteiger partial charge is 0.481 e. The predicted molar refractivity (Wildman–Crippen MR) is 82.2 cm³/mol. The lowest BCUT2D eigenvalue weighted by atomic mass is 9.95. The molecule has 1 amide bonds. The molecule has 1 aliphatic rings. The normalized spacial score (nSPS) is 24.8. The molecule has 0 radical (unpaired) electrons. The van der Waals surface area contributed by atoms with Gasteiger partial charge >= 0.3 is 5.97 Å². The van der Waals surface area contributed by atoms with Crippen molar-refractivity contribution in [3.8, 4) is 0 Å². The molecule has 114 valence electrons. The van der Waals surface area contributed by atoms with Gasteiger partial charge in [-0.2, -0.15) is 0 Å². The van der Waals surface area contributed by atoms with Crippen LogP contribution < -0.4 is 5.32 Å². The van der Waals surface area contributed by atoms with Crippen LogP contribution in [0.4, 0.5) is 5.69 Å². The van der Waals surface area contributed by atoms with Crippen LogP contribution in [0.25, 0.3) is 0 Å². The molecule has 0 saturated heterocycles. The lowest BCUT2D eigenvalue weighted by molar-refractivity contribution is -0.145. The molecule has 0 spiro atoms. The molecule has 4 heteroatoms. The highest BCUT2D eigenvalue weighted by Crippen LogP contribution is 2.37. The van der Waals surface area contributed by atoms with E-state index in [1.807, 2.05) is 39.0 Å². The van der Waals surface area contributed by atoms with Crippen molar-refractivity contribution < 1.29 is 14.7 Å². The van der Waals surface area contributed by atoms with E-state index < -0.39 is 17.8 Å². The van der Waals surface area contributed by atoms with Crippen LogP contribution in [0.2, 0.25) is 0 Å². The highest BCUT2D eigenvalue weighted by molar-refractivity contribution is 5.96. The van der Waals surface area contributed by atoms with Crippen LogP contribution in [-0.4, -0.2) is 17.0 Å². The van der Waals surface area contributed by atoms with Crippen LogP contribution in [0.3, 0.4) is 0 Å². The van der Waals surface area contributed by atoms with Crippen LogP contribution >= 0.6 is 0 Å². The number of benzene rings is 1. The molecule has 4 nitrogen and oxygen atoms in total. The molecule has 0 aromatic heterocycles. The summed E-state index contributed by atoms with van der Waals surface area (Å²) in [5.41, 5.74) is 2.94. The number of aryl methyl sites for hydroxylation is 2. The number of hydrogen-bond acceptors (Lipinski definition) is 2. The first-order valence-corrected chi connectivity index (χ1v) is 7.56. The van der Waals surface area contributed by atoms with Crippen LogP contribution in [0.5, 0.6) is 0 Å². The molecule has 0 bridgehead atoms. The van der Waals surface area contributed by atoms with Gasteiger partial charge in [0.25, 0.3) is 0 Å². The molecule has 3 atom stereocenters. The highest BCUT2D eigenvalue weighted by atomic mass is 16.4. The molecule has 2 N–H and O–H groups in total. The number of carboxylic acids is 1. The van der Waals surface area contributed by atoms with Gasteiger partial charge in [-0.1, -0.05) is 32.0 Å². The SMILES string of the molecule is CCc1cccc(C)c1NC(=O)[C@H]1CC(C)C[C@H]1C(=O)O. The van der Waals surface area contributed by atoms with Gasteiger partial charge in [0.15, 0.2) is 0 Å². The maximum atomic E-state index is 12.5. The van der Waals surface area contributed by atoms with Crippen molar-refractivity contribution >= 4 is 17.6 Å². The van der Waals surface area contributed by atoms with E-state index in [1.165, 1.54) is 0 Å². The molecular weight excluding hydrogens is 266 g/mol. The fourth-order valence-corrected chi connectivity index (χ4v) is 3.27. The molecule has 21 heavy (non-hydrogen) atoms. The van der Waals surface area contributed by atoms with Gasteiger partial charge in [0.05, 0.1) is 11.8 Å². The summed E-state index contributed by atoms with van der Waals surface area (Å²) in [4.78, 5) is 23.8. The van der Waals surface area contributed by atoms with Crippen LogP contribution in [0, 0.1) is 24.7 Å². The summed E-state index contributed by atoms with van der Waals surface area (Å²) >= 11 is 0. The van der Waals surface area contributed by atoms with E-state index in [0.29, 0.717) is 12.8 Å². The fraction of sp³-hybridized carbons (Fsp3) is 0.529. The molecule has 1 aromatic rings. The zero-order chi connectivity index (χ0) is 15.6. The maximum Gasteiger partial charge on any atom is 0.307 e. The Labute approximate surface area is 125 Å². The standard InChI is InChI=1S/C17H23NO3/c1-4-12-7-5-6-11(3)15(12)18-16(19)13-8-10(2)9-14(13)17(20)21/h5-7,10,13-14H,4,8-9H2,1-3H3,(H,18,19)(H,20,21)/t10?,13-,14+/m0/s1. The minimum atomic E-state index is -0.861. The first-order chi connectivity index (χ1) is 9.93. The number of amides is 1. The average molecular weight is 289 g/mol. The van der Waals surface area contributed by atoms with Gasteiger partial charge < -0.3 is 10.4 Å². The fourth-order valence-electron chi connectivity index (χ4n) is 3.27. The zero-order valence-electron chi connectivity index (χ0n) is 12.8. The quantitative estimate of drug-likeness (QED) is 0.894. The second-order valence-electron chi connectivity index (χ2n) is 6.08. The highest BCUT2D eigenvalue weighted by Gasteiger charge is 2.41. The summed E-state index contributed by atoms with van der Waals surface area (Å²) in [7, 11) is 0. The van der Waals surface area contributed by atoms with Gasteiger partial charge in [0.1, 0.15) is 0 Å². The van der Waals surface area contributed by atoms with E-state index >= 15 is 0 Å². The van der Waals surface area contributed by atoms with E-state index in [-0.39, 0.29) is 11.8 Å².